The Balaban J connectivity index is 1.33. The zero-order valence-corrected chi connectivity index (χ0v) is 17.1. The molecule has 1 N–H and O–H groups in total. The first-order valence-corrected chi connectivity index (χ1v) is 10.2. The summed E-state index contributed by atoms with van der Waals surface area (Å²) in [5.74, 6) is 2.22. The molecule has 0 radical (unpaired) electrons. The van der Waals surface area contributed by atoms with Crippen LogP contribution in [0.4, 0.5) is 5.69 Å². The molecule has 6 nitrogen and oxygen atoms in total. The summed E-state index contributed by atoms with van der Waals surface area (Å²) < 4.78 is 5.25. The van der Waals surface area contributed by atoms with Gasteiger partial charge < -0.3 is 19.9 Å². The molecule has 0 bridgehead atoms. The number of ether oxygens (including phenoxy) is 1. The number of amides is 1. The Morgan fingerprint density at radius 3 is 2.72 bits per heavy atom. The molecule has 1 unspecified atom stereocenters. The highest BCUT2D eigenvalue weighted by atomic mass is 16.5. The average Bonchev–Trinajstić information content (AvgIpc) is 3.42. The number of nitrogens with one attached hydrogen (secondary N) is 1. The van der Waals surface area contributed by atoms with Crippen LogP contribution in [0.3, 0.4) is 0 Å². The van der Waals surface area contributed by atoms with Gasteiger partial charge in [0, 0.05) is 38.3 Å². The second-order valence-electron chi connectivity index (χ2n) is 7.53. The Hall–Kier alpha value is -3.02. The smallest absolute Gasteiger partial charge is 0.246 e. The van der Waals surface area contributed by atoms with E-state index in [0.717, 1.165) is 49.9 Å². The fourth-order valence-electron chi connectivity index (χ4n) is 4.28. The molecule has 0 aliphatic carbocycles. The fraction of sp³-hybridized carbons (Fsp3) is 0.391. The van der Waals surface area contributed by atoms with E-state index in [2.05, 4.69) is 33.4 Å². The van der Waals surface area contributed by atoms with Gasteiger partial charge >= 0.3 is 0 Å². The van der Waals surface area contributed by atoms with Crippen LogP contribution in [-0.2, 0) is 11.2 Å². The number of benzene rings is 2. The van der Waals surface area contributed by atoms with Crippen molar-refractivity contribution in [3.05, 3.63) is 59.7 Å². The van der Waals surface area contributed by atoms with Crippen molar-refractivity contribution in [2.24, 2.45) is 4.99 Å². The van der Waals surface area contributed by atoms with E-state index in [1.807, 2.05) is 35.2 Å². The van der Waals surface area contributed by atoms with Gasteiger partial charge in [0.2, 0.25) is 5.91 Å². The first-order valence-electron chi connectivity index (χ1n) is 10.2. The third-order valence-electron chi connectivity index (χ3n) is 5.87. The monoisotopic (exact) mass is 392 g/mol. The highest BCUT2D eigenvalue weighted by Crippen LogP contribution is 2.29. The molecule has 2 aliphatic heterocycles. The highest BCUT2D eigenvalue weighted by molar-refractivity contribution is 5.98. The molecule has 1 amide bonds. The number of para-hydroxylation sites is 1. The molecule has 0 spiro atoms. The van der Waals surface area contributed by atoms with Gasteiger partial charge in [0.1, 0.15) is 5.75 Å². The molecule has 2 heterocycles. The van der Waals surface area contributed by atoms with Gasteiger partial charge in [-0.2, -0.15) is 0 Å². The number of methoxy groups -OCH3 is 1. The van der Waals surface area contributed by atoms with Crippen LogP contribution in [0.2, 0.25) is 0 Å². The largest absolute Gasteiger partial charge is 0.497 e. The van der Waals surface area contributed by atoms with Crippen LogP contribution in [-0.4, -0.2) is 57.1 Å². The molecule has 29 heavy (non-hydrogen) atoms. The minimum atomic E-state index is 0.0852. The van der Waals surface area contributed by atoms with Crippen molar-refractivity contribution in [2.75, 3.05) is 45.2 Å². The van der Waals surface area contributed by atoms with Crippen LogP contribution >= 0.6 is 0 Å². The number of carbonyl (C=O) groups excluding carboxylic acids is 1. The lowest BCUT2D eigenvalue weighted by atomic mass is 9.98. The van der Waals surface area contributed by atoms with Gasteiger partial charge in [-0.15, -0.1) is 0 Å². The van der Waals surface area contributed by atoms with Gasteiger partial charge in [-0.05, 0) is 42.2 Å². The van der Waals surface area contributed by atoms with E-state index in [0.29, 0.717) is 5.92 Å². The topological polar surface area (TPSA) is 57.2 Å². The number of guanidine groups is 1. The van der Waals surface area contributed by atoms with E-state index in [4.69, 9.17) is 4.74 Å². The number of aliphatic imine (C=N–C) groups is 1. The molecule has 6 heteroatoms. The number of fused-ring (bicyclic) bond motifs is 1. The van der Waals surface area contributed by atoms with Crippen molar-refractivity contribution in [2.45, 2.75) is 18.8 Å². The summed E-state index contributed by atoms with van der Waals surface area (Å²) in [5, 5.41) is 3.27. The van der Waals surface area contributed by atoms with Crippen molar-refractivity contribution in [3.63, 3.8) is 0 Å². The number of carbonyl (C=O) groups is 1. The summed E-state index contributed by atoms with van der Waals surface area (Å²) in [6.07, 6.45) is 1.99. The van der Waals surface area contributed by atoms with Crippen molar-refractivity contribution in [1.82, 2.24) is 10.2 Å². The van der Waals surface area contributed by atoms with E-state index < -0.39 is 0 Å². The summed E-state index contributed by atoms with van der Waals surface area (Å²) in [6, 6.07) is 16.4. The number of anilines is 1. The molecule has 1 atom stereocenters. The van der Waals surface area contributed by atoms with Gasteiger partial charge in [-0.1, -0.05) is 30.3 Å². The molecular formula is C23H28N4O2. The van der Waals surface area contributed by atoms with E-state index >= 15 is 0 Å². The molecular weight excluding hydrogens is 364 g/mol. The molecule has 1 fully saturated rings. The lowest BCUT2D eigenvalue weighted by molar-refractivity contribution is -0.117. The second-order valence-corrected chi connectivity index (χ2v) is 7.53. The molecule has 2 aromatic carbocycles. The maximum absolute atomic E-state index is 12.8. The SMILES string of the molecule is CN=C(NCC(=O)N1CCc2ccccc21)N1CCC(c2ccc(OC)cc2)C1. The predicted octanol–water partition coefficient (Wildman–Crippen LogP) is 2.65. The minimum Gasteiger partial charge on any atom is -0.497 e. The number of hydrogen-bond acceptors (Lipinski definition) is 3. The molecule has 2 aliphatic rings. The van der Waals surface area contributed by atoms with Crippen LogP contribution in [0.25, 0.3) is 0 Å². The van der Waals surface area contributed by atoms with Gasteiger partial charge in [0.05, 0.1) is 13.7 Å². The minimum absolute atomic E-state index is 0.0852. The summed E-state index contributed by atoms with van der Waals surface area (Å²) >= 11 is 0. The maximum Gasteiger partial charge on any atom is 0.246 e. The third-order valence-corrected chi connectivity index (χ3v) is 5.87. The molecule has 0 aromatic heterocycles. The Labute approximate surface area is 172 Å². The third kappa shape index (κ3) is 4.06. The van der Waals surface area contributed by atoms with E-state index in [9.17, 15) is 4.79 Å². The molecule has 1 saturated heterocycles. The standard InChI is InChI=1S/C23H28N4O2/c1-24-23(25-15-22(28)27-14-12-18-5-3-4-6-21(18)27)26-13-11-19(16-26)17-7-9-20(29-2)10-8-17/h3-10,19H,11-16H2,1-2H3,(H,24,25). The predicted molar refractivity (Wildman–Crippen MR) is 116 cm³/mol. The zero-order valence-electron chi connectivity index (χ0n) is 17.1. The summed E-state index contributed by atoms with van der Waals surface area (Å²) in [6.45, 7) is 2.83. The zero-order chi connectivity index (χ0) is 20.2. The van der Waals surface area contributed by atoms with Gasteiger partial charge in [0.25, 0.3) is 0 Å². The summed E-state index contributed by atoms with van der Waals surface area (Å²) in [7, 11) is 3.46. The quantitative estimate of drug-likeness (QED) is 0.642. The van der Waals surface area contributed by atoms with Crippen molar-refractivity contribution in [3.8, 4) is 5.75 Å². The molecule has 2 aromatic rings. The van der Waals surface area contributed by atoms with E-state index in [1.165, 1.54) is 11.1 Å². The lowest BCUT2D eigenvalue weighted by Gasteiger charge is -2.23. The van der Waals surface area contributed by atoms with Crippen LogP contribution < -0.4 is 15.0 Å². The number of hydrogen-bond donors (Lipinski definition) is 1. The summed E-state index contributed by atoms with van der Waals surface area (Å²) in [5.41, 5.74) is 3.59. The van der Waals surface area contributed by atoms with Crippen molar-refractivity contribution >= 4 is 17.6 Å². The number of rotatable bonds is 4. The number of likely N-dealkylation sites (tertiary alicyclic amines) is 1. The fourth-order valence-corrected chi connectivity index (χ4v) is 4.28. The molecule has 152 valence electrons. The van der Waals surface area contributed by atoms with Crippen LogP contribution in [0.15, 0.2) is 53.5 Å². The van der Waals surface area contributed by atoms with Crippen molar-refractivity contribution in [1.29, 1.82) is 0 Å². The van der Waals surface area contributed by atoms with E-state index in [1.54, 1.807) is 14.2 Å². The molecule has 4 rings (SSSR count). The molecule has 0 saturated carbocycles. The lowest BCUT2D eigenvalue weighted by Crippen LogP contribution is -2.45. The normalized spacial score (nSPS) is 18.7. The highest BCUT2D eigenvalue weighted by Gasteiger charge is 2.28. The first kappa shape index (κ1) is 19.3. The Bertz CT molecular complexity index is 894. The maximum atomic E-state index is 12.8. The number of nitrogens with zero attached hydrogens (tertiary/aromatic N) is 3. The second kappa shape index (κ2) is 8.55. The average molecular weight is 393 g/mol. The Morgan fingerprint density at radius 2 is 1.97 bits per heavy atom. The summed E-state index contributed by atoms with van der Waals surface area (Å²) in [4.78, 5) is 21.3. The Kier molecular flexibility index (Phi) is 5.69. The van der Waals surface area contributed by atoms with Gasteiger partial charge in [0.15, 0.2) is 5.96 Å². The van der Waals surface area contributed by atoms with E-state index in [-0.39, 0.29) is 12.5 Å². The van der Waals surface area contributed by atoms with Crippen LogP contribution in [0, 0.1) is 0 Å². The van der Waals surface area contributed by atoms with Gasteiger partial charge in [-0.3, -0.25) is 9.79 Å². The van der Waals surface area contributed by atoms with Crippen LogP contribution in [0.1, 0.15) is 23.5 Å². The van der Waals surface area contributed by atoms with Crippen molar-refractivity contribution < 1.29 is 9.53 Å². The Morgan fingerprint density at radius 1 is 1.17 bits per heavy atom. The van der Waals surface area contributed by atoms with Gasteiger partial charge in [-0.25, -0.2) is 0 Å². The first-order chi connectivity index (χ1) is 14.2. The van der Waals surface area contributed by atoms with Crippen LogP contribution in [0.5, 0.6) is 5.75 Å².